The van der Waals surface area contributed by atoms with Crippen molar-refractivity contribution in [2.75, 3.05) is 43.5 Å². The number of aliphatic hydroxyl groups excluding tert-OH is 1. The van der Waals surface area contributed by atoms with Gasteiger partial charge in [0.25, 0.3) is 0 Å². The second kappa shape index (κ2) is 11.7. The lowest BCUT2D eigenvalue weighted by Crippen LogP contribution is -2.33. The summed E-state index contributed by atoms with van der Waals surface area (Å²) >= 11 is 0. The fourth-order valence-corrected chi connectivity index (χ4v) is 4.98. The lowest BCUT2D eigenvalue weighted by Gasteiger charge is -2.23. The number of benzene rings is 1. The highest BCUT2D eigenvalue weighted by molar-refractivity contribution is 5.90. The number of hydrogen-bond acceptors (Lipinski definition) is 5. The second-order valence-corrected chi connectivity index (χ2v) is 10.2. The van der Waals surface area contributed by atoms with Crippen LogP contribution in [0.3, 0.4) is 0 Å². The molecule has 2 atom stereocenters. The van der Waals surface area contributed by atoms with Crippen LogP contribution in [0.15, 0.2) is 30.3 Å². The number of anilines is 2. The van der Waals surface area contributed by atoms with Crippen molar-refractivity contribution in [1.82, 2.24) is 9.88 Å². The topological polar surface area (TPSA) is 86.7 Å². The van der Waals surface area contributed by atoms with Crippen LogP contribution in [0.2, 0.25) is 0 Å². The van der Waals surface area contributed by atoms with Gasteiger partial charge in [-0.05, 0) is 80.0 Å². The first-order valence-corrected chi connectivity index (χ1v) is 12.8. The summed E-state index contributed by atoms with van der Waals surface area (Å²) in [6.45, 7) is 5.84. The molecule has 3 N–H and O–H groups in total. The molecule has 7 nitrogen and oxygen atoms in total. The molecule has 2 aliphatic rings. The average Bonchev–Trinajstić information content (AvgIpc) is 3.31. The molecule has 37 heavy (non-hydrogen) atoms. The van der Waals surface area contributed by atoms with E-state index in [1.54, 1.807) is 13.0 Å². The van der Waals surface area contributed by atoms with E-state index in [2.05, 4.69) is 16.7 Å². The van der Waals surface area contributed by atoms with Gasteiger partial charge in [0.2, 0.25) is 0 Å². The molecule has 1 unspecified atom stereocenters. The first-order valence-electron chi connectivity index (χ1n) is 12.8. The van der Waals surface area contributed by atoms with Crippen LogP contribution in [0.25, 0.3) is 11.1 Å². The van der Waals surface area contributed by atoms with Gasteiger partial charge < -0.3 is 25.4 Å². The van der Waals surface area contributed by atoms with Crippen LogP contribution < -0.4 is 10.6 Å². The van der Waals surface area contributed by atoms with E-state index in [0.717, 1.165) is 35.2 Å². The number of nitrogens with zero attached hydrogens (tertiary/aromatic N) is 2. The number of rotatable bonds is 7. The monoisotopic (exact) mass is 520 g/mol. The van der Waals surface area contributed by atoms with Gasteiger partial charge in [0.05, 0.1) is 6.10 Å². The van der Waals surface area contributed by atoms with Crippen molar-refractivity contribution in [3.8, 4) is 11.1 Å². The van der Waals surface area contributed by atoms with Gasteiger partial charge in [-0.15, -0.1) is 0 Å². The summed E-state index contributed by atoms with van der Waals surface area (Å²) in [6.07, 6.45) is -3.51. The molecule has 2 fully saturated rings. The minimum Gasteiger partial charge on any atom is -0.392 e. The van der Waals surface area contributed by atoms with Gasteiger partial charge in [-0.3, -0.25) is 0 Å². The number of hydrogen-bond donors (Lipinski definition) is 3. The number of aromatic nitrogens is 1. The molecular weight excluding hydrogens is 485 g/mol. The van der Waals surface area contributed by atoms with Crippen LogP contribution in [0.4, 0.5) is 29.5 Å². The number of aliphatic hydroxyl groups is 1. The van der Waals surface area contributed by atoms with E-state index in [1.165, 1.54) is 4.90 Å². The fourth-order valence-electron chi connectivity index (χ4n) is 4.98. The number of ether oxygens (including phenoxy) is 1. The predicted molar refractivity (Wildman–Crippen MR) is 137 cm³/mol. The summed E-state index contributed by atoms with van der Waals surface area (Å²) in [7, 11) is 0. The van der Waals surface area contributed by atoms with Gasteiger partial charge in [-0.25, -0.2) is 9.78 Å². The summed E-state index contributed by atoms with van der Waals surface area (Å²) in [5, 5.41) is 15.8. The molecule has 0 saturated carbocycles. The number of halogens is 3. The second-order valence-electron chi connectivity index (χ2n) is 10.2. The minimum atomic E-state index is -4.22. The molecule has 2 aromatic rings. The molecule has 4 rings (SSSR count). The van der Waals surface area contributed by atoms with Gasteiger partial charge in [0.15, 0.2) is 0 Å². The Kier molecular flexibility index (Phi) is 8.59. The van der Waals surface area contributed by atoms with Crippen molar-refractivity contribution in [2.24, 2.45) is 5.92 Å². The van der Waals surface area contributed by atoms with Crippen molar-refractivity contribution in [3.05, 3.63) is 41.6 Å². The lowest BCUT2D eigenvalue weighted by molar-refractivity contribution is -0.143. The highest BCUT2D eigenvalue weighted by atomic mass is 19.4. The number of amides is 2. The van der Waals surface area contributed by atoms with E-state index in [9.17, 15) is 23.1 Å². The maximum absolute atomic E-state index is 12.8. The number of alkyl halides is 3. The minimum absolute atomic E-state index is 0.0984. The molecule has 0 spiro atoms. The van der Waals surface area contributed by atoms with E-state index < -0.39 is 30.7 Å². The third kappa shape index (κ3) is 7.58. The maximum atomic E-state index is 12.8. The van der Waals surface area contributed by atoms with Crippen LogP contribution >= 0.6 is 0 Å². The summed E-state index contributed by atoms with van der Waals surface area (Å²) < 4.78 is 43.7. The van der Waals surface area contributed by atoms with E-state index in [1.807, 2.05) is 25.1 Å². The Bertz CT molecular complexity index is 1090. The molecule has 202 valence electrons. The van der Waals surface area contributed by atoms with E-state index in [4.69, 9.17) is 9.72 Å². The molecule has 2 aliphatic heterocycles. The lowest BCUT2D eigenvalue weighted by atomic mass is 9.92. The van der Waals surface area contributed by atoms with Crippen LogP contribution in [0.1, 0.15) is 49.8 Å². The van der Waals surface area contributed by atoms with Crippen LogP contribution in [0, 0.1) is 12.8 Å². The van der Waals surface area contributed by atoms with Gasteiger partial charge in [-0.2, -0.15) is 13.2 Å². The Balaban J connectivity index is 1.54. The first kappa shape index (κ1) is 27.2. The van der Waals surface area contributed by atoms with E-state index in [-0.39, 0.29) is 12.5 Å². The molecule has 0 bridgehead atoms. The molecule has 0 aliphatic carbocycles. The highest BCUT2D eigenvalue weighted by Crippen LogP contribution is 2.34. The Morgan fingerprint density at radius 3 is 2.68 bits per heavy atom. The van der Waals surface area contributed by atoms with Crippen molar-refractivity contribution < 1.29 is 27.8 Å². The molecule has 1 aromatic heterocycles. The van der Waals surface area contributed by atoms with Crippen molar-refractivity contribution in [3.63, 3.8) is 0 Å². The molecule has 0 radical (unpaired) electrons. The third-order valence-electron chi connectivity index (χ3n) is 6.96. The predicted octanol–water partition coefficient (Wildman–Crippen LogP) is 5.55. The summed E-state index contributed by atoms with van der Waals surface area (Å²) in [5.74, 6) is 0.373. The zero-order chi connectivity index (χ0) is 26.6. The Labute approximate surface area is 215 Å². The Morgan fingerprint density at radius 1 is 1.22 bits per heavy atom. The number of likely N-dealkylation sites (tertiary alicyclic amines) is 1. The van der Waals surface area contributed by atoms with Crippen molar-refractivity contribution in [2.45, 2.75) is 57.7 Å². The van der Waals surface area contributed by atoms with Gasteiger partial charge in [-0.1, -0.05) is 6.07 Å². The number of carbonyl (C=O) groups is 1. The smallest absolute Gasteiger partial charge is 0.389 e. The van der Waals surface area contributed by atoms with E-state index in [0.29, 0.717) is 44.2 Å². The Morgan fingerprint density at radius 2 is 1.97 bits per heavy atom. The quantitative estimate of drug-likeness (QED) is 0.446. The standard InChI is InChI=1S/C27H35F3N4O3/c1-17-3-4-22(32-26(36)34-8-5-19(16-34)14-27(28,29)30)13-23(17)21-11-24(20-6-9-37-10-7-20)33-25(12-21)31-15-18(2)35/h3-4,11-13,18-20,35H,5-10,14-16H2,1-2H3,(H,31,33)(H,32,36)/t18-,19?/m1/s1. The molecular formula is C27H35F3N4O3. The number of urea groups is 1. The molecule has 2 saturated heterocycles. The molecule has 2 amide bonds. The molecule has 3 heterocycles. The van der Waals surface area contributed by atoms with Crippen LogP contribution in [-0.4, -0.2) is 66.1 Å². The van der Waals surface area contributed by atoms with E-state index >= 15 is 0 Å². The van der Waals surface area contributed by atoms with Gasteiger partial charge in [0, 0.05) is 56.6 Å². The molecule has 1 aromatic carbocycles. The first-order chi connectivity index (χ1) is 17.6. The normalized spacial score (nSPS) is 19.6. The maximum Gasteiger partial charge on any atom is 0.389 e. The highest BCUT2D eigenvalue weighted by Gasteiger charge is 2.36. The summed E-state index contributed by atoms with van der Waals surface area (Å²) in [5.41, 5.74) is 4.40. The number of carbonyl (C=O) groups excluding carboxylic acids is 1. The summed E-state index contributed by atoms with van der Waals surface area (Å²) in [4.78, 5) is 19.1. The van der Waals surface area contributed by atoms with Crippen LogP contribution in [0.5, 0.6) is 0 Å². The van der Waals surface area contributed by atoms with Gasteiger partial charge >= 0.3 is 12.2 Å². The zero-order valence-electron chi connectivity index (χ0n) is 21.3. The SMILES string of the molecule is Cc1ccc(NC(=O)N2CCC(CC(F)(F)F)C2)cc1-c1cc(NC[C@@H](C)O)nc(C2CCOCC2)c1. The summed E-state index contributed by atoms with van der Waals surface area (Å²) in [6, 6.07) is 9.21. The number of pyridine rings is 1. The fraction of sp³-hybridized carbons (Fsp3) is 0.556. The average molecular weight is 521 g/mol. The largest absolute Gasteiger partial charge is 0.392 e. The Hall–Kier alpha value is -2.85. The third-order valence-corrected chi connectivity index (χ3v) is 6.96. The van der Waals surface area contributed by atoms with Crippen LogP contribution in [-0.2, 0) is 4.74 Å². The van der Waals surface area contributed by atoms with Gasteiger partial charge in [0.1, 0.15) is 5.82 Å². The molecule has 10 heteroatoms. The van der Waals surface area contributed by atoms with Crippen molar-refractivity contribution in [1.29, 1.82) is 0 Å². The zero-order valence-corrected chi connectivity index (χ0v) is 21.3. The number of aryl methyl sites for hydroxylation is 1. The van der Waals surface area contributed by atoms with Crippen molar-refractivity contribution >= 4 is 17.5 Å². The number of nitrogens with one attached hydrogen (secondary N) is 2.